The Labute approximate surface area is 53.6 Å². The summed E-state index contributed by atoms with van der Waals surface area (Å²) in [5, 5.41) is 10.8. The molecule has 9 heavy (non-hydrogen) atoms. The molecule has 3 nitrogen and oxygen atoms in total. The maximum absolute atomic E-state index is 10.8. The van der Waals surface area contributed by atoms with Gasteiger partial charge in [-0.25, -0.2) is 9.90 Å². The molecule has 1 radical (unpaired) electrons. The summed E-state index contributed by atoms with van der Waals surface area (Å²) in [6.45, 7) is 2.01. The number of carbonyl (C=O) groups excluding carboxylic acids is 1. The predicted molar refractivity (Wildman–Crippen MR) is 29.3 cm³/mol. The highest BCUT2D eigenvalue weighted by molar-refractivity contribution is 5.82. The van der Waals surface area contributed by atoms with E-state index in [0.29, 0.717) is 19.4 Å². The van der Waals surface area contributed by atoms with Crippen LogP contribution < -0.4 is 0 Å². The van der Waals surface area contributed by atoms with E-state index in [1.54, 1.807) is 6.92 Å². The Morgan fingerprint density at radius 1 is 1.67 bits per heavy atom. The highest BCUT2D eigenvalue weighted by atomic mass is 16.5. The van der Waals surface area contributed by atoms with Crippen molar-refractivity contribution in [2.24, 2.45) is 0 Å². The van der Waals surface area contributed by atoms with Crippen molar-refractivity contribution in [3.05, 3.63) is 0 Å². The fourth-order valence-corrected chi connectivity index (χ4v) is 0.580. The molecule has 0 unspecified atom stereocenters. The topological polar surface area (TPSA) is 46.2 Å². The Morgan fingerprint density at radius 2 is 2.22 bits per heavy atom. The van der Waals surface area contributed by atoms with Crippen LogP contribution in [-0.4, -0.2) is 18.2 Å². The van der Waals surface area contributed by atoms with E-state index in [1.165, 1.54) is 0 Å². The van der Waals surface area contributed by atoms with E-state index < -0.39 is 11.6 Å². The molecule has 3 heteroatoms. The van der Waals surface area contributed by atoms with Crippen LogP contribution in [0.15, 0.2) is 0 Å². The molecule has 0 atom stereocenters. The minimum Gasteiger partial charge on any atom is -0.464 e. The molecule has 1 fully saturated rings. The molecule has 0 amide bonds. The van der Waals surface area contributed by atoms with Gasteiger partial charge in [0.1, 0.15) is 0 Å². The van der Waals surface area contributed by atoms with Crippen LogP contribution in [-0.2, 0) is 14.6 Å². The van der Waals surface area contributed by atoms with Crippen molar-refractivity contribution >= 4 is 5.97 Å². The molecule has 0 aromatic rings. The summed E-state index contributed by atoms with van der Waals surface area (Å²) in [5.41, 5.74) is -1.35. The van der Waals surface area contributed by atoms with E-state index in [1.807, 2.05) is 0 Å². The van der Waals surface area contributed by atoms with Crippen molar-refractivity contribution in [1.29, 1.82) is 0 Å². The first-order chi connectivity index (χ1) is 4.19. The Morgan fingerprint density at radius 3 is 2.56 bits per heavy atom. The summed E-state index contributed by atoms with van der Waals surface area (Å²) in [4.78, 5) is 10.6. The van der Waals surface area contributed by atoms with Crippen LogP contribution in [0, 0.1) is 0 Å². The molecule has 1 saturated carbocycles. The second-order valence-electron chi connectivity index (χ2n) is 2.21. The van der Waals surface area contributed by atoms with Crippen LogP contribution in [0.25, 0.3) is 0 Å². The third-order valence-electron chi connectivity index (χ3n) is 1.35. The largest absolute Gasteiger partial charge is 0.464 e. The second-order valence-corrected chi connectivity index (χ2v) is 2.21. The Kier molecular flexibility index (Phi) is 1.45. The molecule has 0 aromatic heterocycles. The zero-order valence-corrected chi connectivity index (χ0v) is 5.35. The van der Waals surface area contributed by atoms with Gasteiger partial charge in [-0.2, -0.15) is 0 Å². The first kappa shape index (κ1) is 6.55. The molecule has 0 aromatic carbocycles. The van der Waals surface area contributed by atoms with Gasteiger partial charge in [-0.05, 0) is 19.8 Å². The molecule has 1 rings (SSSR count). The van der Waals surface area contributed by atoms with Gasteiger partial charge in [-0.15, -0.1) is 0 Å². The molecule has 0 saturated heterocycles. The van der Waals surface area contributed by atoms with E-state index in [2.05, 4.69) is 4.74 Å². The molecule has 0 aliphatic heterocycles. The zero-order valence-electron chi connectivity index (χ0n) is 5.35. The summed E-state index contributed by atoms with van der Waals surface area (Å²) in [6.07, 6.45) is 0.900. The van der Waals surface area contributed by atoms with Crippen molar-refractivity contribution in [3.63, 3.8) is 0 Å². The molecular weight excluding hydrogens is 120 g/mol. The normalized spacial score (nSPS) is 21.1. The number of ether oxygens (including phenoxy) is 1. The van der Waals surface area contributed by atoms with Crippen LogP contribution in [0.5, 0.6) is 0 Å². The number of carbonyl (C=O) groups is 1. The standard InChI is InChI=1S/C6H9O3/c1-2-9-5(7)6(8)3-4-6/h2-4H2,1H3. The van der Waals surface area contributed by atoms with E-state index in [0.717, 1.165) is 0 Å². The Bertz CT molecular complexity index is 126. The van der Waals surface area contributed by atoms with Gasteiger partial charge in [0, 0.05) is 0 Å². The van der Waals surface area contributed by atoms with E-state index in [-0.39, 0.29) is 0 Å². The quantitative estimate of drug-likeness (QED) is 0.510. The summed E-state index contributed by atoms with van der Waals surface area (Å²) in [6, 6.07) is 0. The average molecular weight is 129 g/mol. The van der Waals surface area contributed by atoms with Crippen LogP contribution >= 0.6 is 0 Å². The molecular formula is C6H9O3. The molecule has 0 heterocycles. The summed E-state index contributed by atoms with van der Waals surface area (Å²) in [5.74, 6) is -0.579. The van der Waals surface area contributed by atoms with E-state index in [4.69, 9.17) is 0 Å². The fraction of sp³-hybridized carbons (Fsp3) is 0.833. The van der Waals surface area contributed by atoms with Crippen molar-refractivity contribution in [2.75, 3.05) is 6.61 Å². The lowest BCUT2D eigenvalue weighted by molar-refractivity contribution is -0.159. The van der Waals surface area contributed by atoms with Crippen LogP contribution in [0.3, 0.4) is 0 Å². The van der Waals surface area contributed by atoms with Crippen LogP contribution in [0.1, 0.15) is 19.8 Å². The predicted octanol–water partition coefficient (Wildman–Crippen LogP) is 0.513. The Balaban J connectivity index is 2.34. The van der Waals surface area contributed by atoms with Crippen molar-refractivity contribution in [1.82, 2.24) is 0 Å². The molecule has 0 spiro atoms. The van der Waals surface area contributed by atoms with E-state index >= 15 is 0 Å². The lowest BCUT2D eigenvalue weighted by Crippen LogP contribution is -2.22. The van der Waals surface area contributed by atoms with Gasteiger partial charge in [-0.1, -0.05) is 0 Å². The van der Waals surface area contributed by atoms with Gasteiger partial charge in [-0.3, -0.25) is 0 Å². The first-order valence-corrected chi connectivity index (χ1v) is 3.07. The number of rotatable bonds is 2. The van der Waals surface area contributed by atoms with Gasteiger partial charge in [0.15, 0.2) is 0 Å². The van der Waals surface area contributed by atoms with Crippen molar-refractivity contribution in [2.45, 2.75) is 25.4 Å². The molecule has 1 aliphatic rings. The highest BCUT2D eigenvalue weighted by Crippen LogP contribution is 2.36. The SMILES string of the molecule is CCOC(=O)C1([O])CC1. The minimum absolute atomic E-state index is 0.308. The molecule has 0 bridgehead atoms. The fourth-order valence-electron chi connectivity index (χ4n) is 0.580. The van der Waals surface area contributed by atoms with Crippen molar-refractivity contribution in [3.8, 4) is 0 Å². The van der Waals surface area contributed by atoms with Gasteiger partial charge in [0.05, 0.1) is 6.61 Å². The van der Waals surface area contributed by atoms with Gasteiger partial charge in [0.25, 0.3) is 0 Å². The molecule has 1 aliphatic carbocycles. The molecule has 0 N–H and O–H groups in total. The Hall–Kier alpha value is -0.570. The second kappa shape index (κ2) is 1.99. The number of hydrogen-bond acceptors (Lipinski definition) is 2. The molecule has 51 valence electrons. The summed E-state index contributed by atoms with van der Waals surface area (Å²) >= 11 is 0. The van der Waals surface area contributed by atoms with Crippen LogP contribution in [0.2, 0.25) is 0 Å². The number of hydrogen-bond donors (Lipinski definition) is 0. The lowest BCUT2D eigenvalue weighted by Gasteiger charge is -2.02. The van der Waals surface area contributed by atoms with Crippen LogP contribution in [0.4, 0.5) is 0 Å². The van der Waals surface area contributed by atoms with E-state index in [9.17, 15) is 9.90 Å². The monoisotopic (exact) mass is 129 g/mol. The van der Waals surface area contributed by atoms with Gasteiger partial charge in [0.2, 0.25) is 5.60 Å². The number of esters is 1. The van der Waals surface area contributed by atoms with Gasteiger partial charge < -0.3 is 4.74 Å². The third kappa shape index (κ3) is 1.21. The maximum atomic E-state index is 10.8. The third-order valence-corrected chi connectivity index (χ3v) is 1.35. The minimum atomic E-state index is -1.35. The lowest BCUT2D eigenvalue weighted by atomic mass is 10.3. The summed E-state index contributed by atoms with van der Waals surface area (Å²) in [7, 11) is 0. The zero-order chi connectivity index (χ0) is 6.91. The summed E-state index contributed by atoms with van der Waals surface area (Å²) < 4.78 is 4.52. The van der Waals surface area contributed by atoms with Crippen molar-refractivity contribution < 1.29 is 14.6 Å². The highest BCUT2D eigenvalue weighted by Gasteiger charge is 2.52. The first-order valence-electron chi connectivity index (χ1n) is 3.07. The smallest absolute Gasteiger partial charge is 0.341 e. The van der Waals surface area contributed by atoms with Gasteiger partial charge >= 0.3 is 5.97 Å². The maximum Gasteiger partial charge on any atom is 0.341 e. The average Bonchev–Trinajstić information content (AvgIpc) is 2.50.